The molecule has 1 fully saturated rings. The normalized spacial score (nSPS) is 12.8. The monoisotopic (exact) mass is 553 g/mol. The third-order valence-electron chi connectivity index (χ3n) is 5.80. The number of rotatable bonds is 7. The Morgan fingerprint density at radius 3 is 2.51 bits per heavy atom. The van der Waals surface area contributed by atoms with E-state index in [9.17, 15) is 18.0 Å². The summed E-state index contributed by atoms with van der Waals surface area (Å²) < 4.78 is 59.6. The number of benzene rings is 3. The first-order valence-corrected chi connectivity index (χ1v) is 12.2. The van der Waals surface area contributed by atoms with Crippen molar-refractivity contribution in [2.75, 3.05) is 0 Å². The summed E-state index contributed by atoms with van der Waals surface area (Å²) in [7, 11) is 0. The van der Waals surface area contributed by atoms with Gasteiger partial charge in [-0.25, -0.2) is 4.79 Å². The molecule has 1 aliphatic rings. The molecule has 0 aliphatic heterocycles. The third-order valence-corrected chi connectivity index (χ3v) is 6.11. The van der Waals surface area contributed by atoms with E-state index in [1.54, 1.807) is 48.5 Å². The Kier molecular flexibility index (Phi) is 7.48. The first-order valence-electron chi connectivity index (χ1n) is 11.8. The smallest absolute Gasteiger partial charge is 0.489 e. The molecule has 4 aromatic rings. The van der Waals surface area contributed by atoms with E-state index < -0.39 is 12.3 Å². The fourth-order valence-electron chi connectivity index (χ4n) is 3.82. The molecule has 1 aliphatic carbocycles. The van der Waals surface area contributed by atoms with Crippen molar-refractivity contribution in [2.24, 2.45) is 0 Å². The van der Waals surface area contributed by atoms with Crippen molar-refractivity contribution < 1.29 is 36.7 Å². The van der Waals surface area contributed by atoms with E-state index in [-0.39, 0.29) is 34.6 Å². The average molecular weight is 554 g/mol. The van der Waals surface area contributed by atoms with Crippen LogP contribution >= 0.6 is 11.6 Å². The van der Waals surface area contributed by atoms with E-state index in [4.69, 9.17) is 25.6 Å². The van der Waals surface area contributed by atoms with Crippen molar-refractivity contribution in [3.05, 3.63) is 100 Å². The zero-order chi connectivity index (χ0) is 27.4. The summed E-state index contributed by atoms with van der Waals surface area (Å²) >= 11 is 6.35. The summed E-state index contributed by atoms with van der Waals surface area (Å²) in [6.07, 6.45) is -0.742. The molecule has 1 saturated carbocycles. The minimum Gasteiger partial charge on any atom is -0.489 e. The van der Waals surface area contributed by atoms with Gasteiger partial charge in [-0.2, -0.15) is 0 Å². The minimum absolute atomic E-state index is 0.0267. The van der Waals surface area contributed by atoms with Gasteiger partial charge in [-0.3, -0.25) is 0 Å². The van der Waals surface area contributed by atoms with Gasteiger partial charge in [0.25, 0.3) is 0 Å². The van der Waals surface area contributed by atoms with E-state index in [0.29, 0.717) is 28.2 Å². The number of para-hydroxylation sites is 1. The van der Waals surface area contributed by atoms with Crippen molar-refractivity contribution >= 4 is 17.6 Å². The zero-order valence-corrected chi connectivity index (χ0v) is 20.9. The summed E-state index contributed by atoms with van der Waals surface area (Å²) in [5, 5.41) is 4.32. The van der Waals surface area contributed by atoms with Crippen LogP contribution in [-0.4, -0.2) is 17.5 Å². The summed E-state index contributed by atoms with van der Waals surface area (Å²) in [6.45, 7) is -0.0267. The highest BCUT2D eigenvalue weighted by Gasteiger charge is 2.35. The zero-order valence-electron chi connectivity index (χ0n) is 20.1. The Morgan fingerprint density at radius 2 is 1.79 bits per heavy atom. The molecule has 0 atom stereocenters. The Balaban J connectivity index is 1.32. The Labute approximate surface area is 226 Å². The van der Waals surface area contributed by atoms with Crippen molar-refractivity contribution in [1.82, 2.24) is 5.16 Å². The molecule has 1 heterocycles. The minimum atomic E-state index is -4.86. The maximum atomic E-state index is 13.0. The highest BCUT2D eigenvalue weighted by Crippen LogP contribution is 2.45. The molecule has 6 nitrogen and oxygen atoms in total. The highest BCUT2D eigenvalue weighted by molar-refractivity contribution is 6.31. The summed E-state index contributed by atoms with van der Waals surface area (Å²) in [5.74, 6) is 2.80. The number of halogens is 4. The second-order valence-corrected chi connectivity index (χ2v) is 9.01. The SMILES string of the molecule is O=C(OC#Cc1ccc(OCc2c(-c3ccccc3OC(F)(F)F)noc2C2CC2)cc1Cl)c1ccccc1. The quantitative estimate of drug-likeness (QED) is 0.174. The lowest BCUT2D eigenvalue weighted by Gasteiger charge is -2.13. The first kappa shape index (κ1) is 26.2. The van der Waals surface area contributed by atoms with Gasteiger partial charge in [-0.05, 0) is 55.2 Å². The molecule has 3 aromatic carbocycles. The van der Waals surface area contributed by atoms with Crippen LogP contribution in [0.5, 0.6) is 11.5 Å². The number of hydrogen-bond acceptors (Lipinski definition) is 6. The molecule has 0 saturated heterocycles. The van der Waals surface area contributed by atoms with Crippen LogP contribution in [0.15, 0.2) is 77.3 Å². The molecule has 10 heteroatoms. The van der Waals surface area contributed by atoms with E-state index in [1.807, 2.05) is 0 Å². The molecule has 0 amide bonds. The lowest BCUT2D eigenvalue weighted by molar-refractivity contribution is -0.274. The molecule has 5 rings (SSSR count). The molecule has 1 aromatic heterocycles. The molecule has 0 unspecified atom stereocenters. The van der Waals surface area contributed by atoms with E-state index in [0.717, 1.165) is 12.8 Å². The van der Waals surface area contributed by atoms with Crippen molar-refractivity contribution in [3.8, 4) is 34.8 Å². The van der Waals surface area contributed by atoms with Gasteiger partial charge in [0.1, 0.15) is 35.7 Å². The highest BCUT2D eigenvalue weighted by atomic mass is 35.5. The second-order valence-electron chi connectivity index (χ2n) is 8.61. The van der Waals surface area contributed by atoms with Gasteiger partial charge in [0.2, 0.25) is 0 Å². The number of hydrogen-bond donors (Lipinski definition) is 0. The molecule has 0 spiro atoms. The fourth-order valence-corrected chi connectivity index (χ4v) is 4.04. The van der Waals surface area contributed by atoms with Gasteiger partial charge in [0.15, 0.2) is 0 Å². The van der Waals surface area contributed by atoms with E-state index >= 15 is 0 Å². The van der Waals surface area contributed by atoms with Crippen LogP contribution in [0.4, 0.5) is 13.2 Å². The number of alkyl halides is 3. The largest absolute Gasteiger partial charge is 0.573 e. The van der Waals surface area contributed by atoms with Gasteiger partial charge in [0.05, 0.1) is 16.1 Å². The van der Waals surface area contributed by atoms with Crippen LogP contribution in [0.3, 0.4) is 0 Å². The summed E-state index contributed by atoms with van der Waals surface area (Å²) in [4.78, 5) is 12.0. The topological polar surface area (TPSA) is 70.8 Å². The van der Waals surface area contributed by atoms with Crippen LogP contribution in [0.1, 0.15) is 46.0 Å². The van der Waals surface area contributed by atoms with Crippen LogP contribution in [-0.2, 0) is 11.3 Å². The molecule has 0 bridgehead atoms. The second kappa shape index (κ2) is 11.1. The van der Waals surface area contributed by atoms with Gasteiger partial charge in [-0.15, -0.1) is 13.2 Å². The molecule has 39 heavy (non-hydrogen) atoms. The Morgan fingerprint density at radius 1 is 1.05 bits per heavy atom. The Hall–Kier alpha value is -4.42. The lowest BCUT2D eigenvalue weighted by atomic mass is 10.0. The molecule has 198 valence electrons. The lowest BCUT2D eigenvalue weighted by Crippen LogP contribution is -2.17. The van der Waals surface area contributed by atoms with Gasteiger partial charge in [0, 0.05) is 23.1 Å². The number of nitrogens with zero attached hydrogens (tertiary/aromatic N) is 1. The average Bonchev–Trinajstić information content (AvgIpc) is 3.67. The summed E-state index contributed by atoms with van der Waals surface area (Å²) in [6, 6.07) is 18.9. The van der Waals surface area contributed by atoms with Crippen LogP contribution in [0.2, 0.25) is 5.02 Å². The van der Waals surface area contributed by atoms with Gasteiger partial charge < -0.3 is 18.7 Å². The Bertz CT molecular complexity index is 1550. The number of carbonyl (C=O) groups excluding carboxylic acids is 1. The van der Waals surface area contributed by atoms with Crippen LogP contribution < -0.4 is 9.47 Å². The number of aromatic nitrogens is 1. The van der Waals surface area contributed by atoms with Crippen molar-refractivity contribution in [1.29, 1.82) is 0 Å². The van der Waals surface area contributed by atoms with Crippen LogP contribution in [0, 0.1) is 12.0 Å². The van der Waals surface area contributed by atoms with Crippen molar-refractivity contribution in [3.63, 3.8) is 0 Å². The number of carbonyl (C=O) groups is 1. The maximum Gasteiger partial charge on any atom is 0.573 e. The predicted molar refractivity (Wildman–Crippen MR) is 135 cm³/mol. The number of ether oxygens (including phenoxy) is 3. The fraction of sp³-hybridized carbons (Fsp3) is 0.172. The van der Waals surface area contributed by atoms with Gasteiger partial charge in [-0.1, -0.05) is 47.1 Å². The van der Waals surface area contributed by atoms with E-state index in [1.165, 1.54) is 24.3 Å². The predicted octanol–water partition coefficient (Wildman–Crippen LogP) is 7.52. The van der Waals surface area contributed by atoms with E-state index in [2.05, 4.69) is 21.9 Å². The third kappa shape index (κ3) is 6.54. The molecular formula is C29H19ClF3NO5. The van der Waals surface area contributed by atoms with Crippen molar-refractivity contribution in [2.45, 2.75) is 31.7 Å². The first-order chi connectivity index (χ1) is 18.8. The number of esters is 1. The molecule has 0 radical (unpaired) electrons. The van der Waals surface area contributed by atoms with Crippen LogP contribution in [0.25, 0.3) is 11.3 Å². The standard InChI is InChI=1S/C29H19ClF3NO5/c30-24-16-21(13-12-18(24)14-15-36-28(35)20-6-2-1-3-7-20)37-17-23-26(34-39-27(23)19-10-11-19)22-8-4-5-9-25(22)38-29(31,32)33/h1-9,12-13,16,19H,10-11,17H2. The maximum absolute atomic E-state index is 13.0. The summed E-state index contributed by atoms with van der Waals surface area (Å²) in [5.41, 5.74) is 1.66. The van der Waals surface area contributed by atoms with Gasteiger partial charge >= 0.3 is 12.3 Å². The molecular weight excluding hydrogens is 535 g/mol. The molecule has 0 N–H and O–H groups in total.